The number of amides is 1. The van der Waals surface area contributed by atoms with Gasteiger partial charge < -0.3 is 10.4 Å². The summed E-state index contributed by atoms with van der Waals surface area (Å²) < 4.78 is 0. The lowest BCUT2D eigenvalue weighted by Crippen LogP contribution is -2.37. The molecule has 3 nitrogen and oxygen atoms in total. The van der Waals surface area contributed by atoms with Gasteiger partial charge in [0.05, 0.1) is 11.9 Å². The Kier molecular flexibility index (Phi) is 5.28. The zero-order valence-corrected chi connectivity index (χ0v) is 12.1. The van der Waals surface area contributed by atoms with Gasteiger partial charge in [0, 0.05) is 10.9 Å². The number of carbonyl (C=O) groups is 1. The number of aliphatic hydroxyl groups is 1. The fourth-order valence-corrected chi connectivity index (χ4v) is 3.20. The number of hydrogen-bond acceptors (Lipinski definition) is 3. The van der Waals surface area contributed by atoms with Crippen LogP contribution in [0.1, 0.15) is 38.2 Å². The lowest BCUT2D eigenvalue weighted by atomic mass is 10.2. The van der Waals surface area contributed by atoms with Gasteiger partial charge in [0.15, 0.2) is 0 Å². The van der Waals surface area contributed by atoms with Crippen LogP contribution in [0.5, 0.6) is 0 Å². The van der Waals surface area contributed by atoms with Gasteiger partial charge in [-0.2, -0.15) is 0 Å². The van der Waals surface area contributed by atoms with Crippen molar-refractivity contribution in [1.82, 2.24) is 5.32 Å². The second-order valence-electron chi connectivity index (χ2n) is 5.05. The minimum absolute atomic E-state index is 0.0582. The van der Waals surface area contributed by atoms with Crippen molar-refractivity contribution < 1.29 is 9.90 Å². The van der Waals surface area contributed by atoms with Crippen molar-refractivity contribution in [3.05, 3.63) is 29.8 Å². The van der Waals surface area contributed by atoms with Gasteiger partial charge >= 0.3 is 0 Å². The van der Waals surface area contributed by atoms with E-state index < -0.39 is 0 Å². The summed E-state index contributed by atoms with van der Waals surface area (Å²) in [5, 5.41) is 12.0. The Morgan fingerprint density at radius 1 is 1.37 bits per heavy atom. The van der Waals surface area contributed by atoms with E-state index in [0.29, 0.717) is 6.04 Å². The van der Waals surface area contributed by atoms with Crippen LogP contribution >= 0.6 is 11.8 Å². The Hall–Kier alpha value is -1.00. The molecule has 1 amide bonds. The van der Waals surface area contributed by atoms with Crippen LogP contribution in [-0.2, 0) is 11.4 Å². The number of thioether (sulfide) groups is 1. The van der Waals surface area contributed by atoms with Gasteiger partial charge in [-0.3, -0.25) is 4.79 Å². The fourth-order valence-electron chi connectivity index (χ4n) is 2.32. The molecule has 1 aliphatic carbocycles. The first-order chi connectivity index (χ1) is 9.19. The lowest BCUT2D eigenvalue weighted by molar-refractivity contribution is -0.120. The quantitative estimate of drug-likeness (QED) is 0.815. The van der Waals surface area contributed by atoms with Crippen LogP contribution in [0, 0.1) is 0 Å². The second-order valence-corrected chi connectivity index (χ2v) is 6.47. The number of carbonyl (C=O) groups excluding carboxylic acids is 1. The molecule has 2 N–H and O–H groups in total. The highest BCUT2D eigenvalue weighted by atomic mass is 32.2. The third kappa shape index (κ3) is 4.25. The van der Waals surface area contributed by atoms with E-state index in [1.165, 1.54) is 12.8 Å². The largest absolute Gasteiger partial charge is 0.392 e. The van der Waals surface area contributed by atoms with Gasteiger partial charge in [-0.05, 0) is 37.5 Å². The lowest BCUT2D eigenvalue weighted by Gasteiger charge is -2.16. The molecule has 1 aromatic rings. The third-order valence-corrected chi connectivity index (χ3v) is 4.60. The van der Waals surface area contributed by atoms with Crippen LogP contribution in [-0.4, -0.2) is 22.3 Å². The summed E-state index contributed by atoms with van der Waals surface area (Å²) in [5.74, 6) is 0.128. The molecule has 0 heterocycles. The Morgan fingerprint density at radius 3 is 2.58 bits per heavy atom. The third-order valence-electron chi connectivity index (χ3n) is 3.49. The van der Waals surface area contributed by atoms with Gasteiger partial charge in [-0.1, -0.05) is 25.0 Å². The zero-order valence-electron chi connectivity index (χ0n) is 11.3. The molecule has 4 heteroatoms. The van der Waals surface area contributed by atoms with Crippen LogP contribution < -0.4 is 5.32 Å². The normalized spacial score (nSPS) is 17.4. The van der Waals surface area contributed by atoms with Crippen LogP contribution in [0.4, 0.5) is 0 Å². The number of nitrogens with one attached hydrogen (secondary N) is 1. The molecule has 2 rings (SSSR count). The second kappa shape index (κ2) is 6.96. The van der Waals surface area contributed by atoms with Gasteiger partial charge in [-0.25, -0.2) is 0 Å². The monoisotopic (exact) mass is 279 g/mol. The molecule has 0 radical (unpaired) electrons. The van der Waals surface area contributed by atoms with E-state index in [2.05, 4.69) is 5.32 Å². The molecule has 0 aromatic heterocycles. The van der Waals surface area contributed by atoms with E-state index in [1.54, 1.807) is 11.8 Å². The van der Waals surface area contributed by atoms with E-state index in [0.717, 1.165) is 23.3 Å². The Labute approximate surface area is 118 Å². The number of hydrogen-bond donors (Lipinski definition) is 2. The minimum Gasteiger partial charge on any atom is -0.392 e. The summed E-state index contributed by atoms with van der Waals surface area (Å²) in [7, 11) is 0. The van der Waals surface area contributed by atoms with Gasteiger partial charge in [-0.15, -0.1) is 11.8 Å². The van der Waals surface area contributed by atoms with Gasteiger partial charge in [0.2, 0.25) is 5.91 Å². The molecule has 104 valence electrons. The number of benzene rings is 1. The molecule has 1 fully saturated rings. The van der Waals surface area contributed by atoms with E-state index in [1.807, 2.05) is 31.2 Å². The first kappa shape index (κ1) is 14.4. The summed E-state index contributed by atoms with van der Waals surface area (Å²) in [6, 6.07) is 8.08. The van der Waals surface area contributed by atoms with E-state index in [9.17, 15) is 4.79 Å². The standard InChI is InChI=1S/C15H21NO2S/c1-11(15(18)16-13-4-2-3-5-13)19-14-8-6-12(10-17)7-9-14/h6-9,11,13,17H,2-5,10H2,1H3,(H,16,18). The highest BCUT2D eigenvalue weighted by molar-refractivity contribution is 8.00. The predicted molar refractivity (Wildman–Crippen MR) is 78.1 cm³/mol. The average Bonchev–Trinajstić information content (AvgIpc) is 2.92. The van der Waals surface area contributed by atoms with Crippen LogP contribution in [0.2, 0.25) is 0 Å². The highest BCUT2D eigenvalue weighted by Gasteiger charge is 2.21. The van der Waals surface area contributed by atoms with Gasteiger partial charge in [0.1, 0.15) is 0 Å². The molecular weight excluding hydrogens is 258 g/mol. The molecule has 1 aromatic carbocycles. The Bertz CT molecular complexity index is 413. The minimum atomic E-state index is -0.0828. The SMILES string of the molecule is CC(Sc1ccc(CO)cc1)C(=O)NC1CCCC1. The van der Waals surface area contributed by atoms with E-state index >= 15 is 0 Å². The zero-order chi connectivity index (χ0) is 13.7. The van der Waals surface area contributed by atoms with Crippen molar-refractivity contribution in [1.29, 1.82) is 0 Å². The van der Waals surface area contributed by atoms with Crippen LogP contribution in [0.25, 0.3) is 0 Å². The van der Waals surface area contributed by atoms with E-state index in [-0.39, 0.29) is 17.8 Å². The summed E-state index contributed by atoms with van der Waals surface area (Å²) >= 11 is 1.56. The average molecular weight is 279 g/mol. The molecular formula is C15H21NO2S. The summed E-state index contributed by atoms with van der Waals surface area (Å²) in [6.45, 7) is 2.00. The maximum atomic E-state index is 12.1. The summed E-state index contributed by atoms with van der Waals surface area (Å²) in [5.41, 5.74) is 0.896. The smallest absolute Gasteiger partial charge is 0.233 e. The maximum Gasteiger partial charge on any atom is 0.233 e. The fraction of sp³-hybridized carbons (Fsp3) is 0.533. The molecule has 0 bridgehead atoms. The van der Waals surface area contributed by atoms with Crippen molar-refractivity contribution in [2.24, 2.45) is 0 Å². The van der Waals surface area contributed by atoms with E-state index in [4.69, 9.17) is 5.11 Å². The molecule has 1 atom stereocenters. The molecule has 0 aliphatic heterocycles. The van der Waals surface area contributed by atoms with Crippen LogP contribution in [0.15, 0.2) is 29.2 Å². The first-order valence-electron chi connectivity index (χ1n) is 6.86. The molecule has 0 spiro atoms. The van der Waals surface area contributed by atoms with Crippen molar-refractivity contribution in [2.45, 2.75) is 55.4 Å². The van der Waals surface area contributed by atoms with Gasteiger partial charge in [0.25, 0.3) is 0 Å². The maximum absolute atomic E-state index is 12.1. The van der Waals surface area contributed by atoms with Crippen molar-refractivity contribution >= 4 is 17.7 Å². The molecule has 19 heavy (non-hydrogen) atoms. The van der Waals surface area contributed by atoms with Crippen molar-refractivity contribution in [3.8, 4) is 0 Å². The highest BCUT2D eigenvalue weighted by Crippen LogP contribution is 2.25. The summed E-state index contributed by atoms with van der Waals surface area (Å²) in [6.07, 6.45) is 4.70. The van der Waals surface area contributed by atoms with Crippen LogP contribution in [0.3, 0.4) is 0 Å². The Morgan fingerprint density at radius 2 is 2.00 bits per heavy atom. The number of aliphatic hydroxyl groups excluding tert-OH is 1. The predicted octanol–water partition coefficient (Wildman–Crippen LogP) is 2.72. The first-order valence-corrected chi connectivity index (χ1v) is 7.74. The topological polar surface area (TPSA) is 49.3 Å². The van der Waals surface area contributed by atoms with Crippen molar-refractivity contribution in [2.75, 3.05) is 0 Å². The molecule has 1 aliphatic rings. The number of rotatable bonds is 5. The molecule has 1 saturated carbocycles. The van der Waals surface area contributed by atoms with Crippen molar-refractivity contribution in [3.63, 3.8) is 0 Å². The molecule has 1 unspecified atom stereocenters. The molecule has 0 saturated heterocycles. The Balaban J connectivity index is 1.84. The summed E-state index contributed by atoms with van der Waals surface area (Å²) in [4.78, 5) is 13.1.